The van der Waals surface area contributed by atoms with Gasteiger partial charge in [0.05, 0.1) is 4.32 Å². The van der Waals surface area contributed by atoms with Crippen LogP contribution in [0.3, 0.4) is 0 Å². The molecule has 0 heterocycles. The molecule has 0 aromatic carbocycles. The molecule has 4 aliphatic rings. The van der Waals surface area contributed by atoms with E-state index in [1.165, 1.54) is 38.5 Å². The van der Waals surface area contributed by atoms with E-state index in [-0.39, 0.29) is 15.9 Å². The number of hydrogen-bond acceptors (Lipinski definition) is 2. The lowest BCUT2D eigenvalue weighted by molar-refractivity contribution is -0.175. The van der Waals surface area contributed by atoms with Crippen molar-refractivity contribution in [3.8, 4) is 0 Å². The van der Waals surface area contributed by atoms with E-state index >= 15 is 0 Å². The fourth-order valence-corrected chi connectivity index (χ4v) is 7.48. The van der Waals surface area contributed by atoms with Crippen LogP contribution in [0.25, 0.3) is 0 Å². The third kappa shape index (κ3) is 0.992. The highest BCUT2D eigenvalue weighted by atomic mass is 79.9. The highest BCUT2D eigenvalue weighted by molar-refractivity contribution is 9.10. The Bertz CT molecular complexity index is 370. The van der Waals surface area contributed by atoms with Crippen LogP contribution in [0.5, 0.6) is 0 Å². The van der Waals surface area contributed by atoms with E-state index in [0.717, 1.165) is 11.8 Å². The molecule has 0 aliphatic heterocycles. The van der Waals surface area contributed by atoms with Crippen LogP contribution in [0.1, 0.15) is 45.4 Å². The molecule has 4 aliphatic carbocycles. The van der Waals surface area contributed by atoms with Crippen LogP contribution in [0.4, 0.5) is 0 Å². The SMILES string of the molecule is CC(=O)OC12[C@@H]3CC[C@@H](C3)C1(Br)[C@H]1CC[C@@H]2C1. The Balaban J connectivity index is 1.85. The van der Waals surface area contributed by atoms with Crippen LogP contribution < -0.4 is 0 Å². The zero-order chi connectivity index (χ0) is 11.8. The lowest BCUT2D eigenvalue weighted by atomic mass is 9.67. The predicted octanol–water partition coefficient (Wildman–Crippen LogP) is 3.28. The molecule has 0 aromatic heterocycles. The Morgan fingerprint density at radius 1 is 1.06 bits per heavy atom. The van der Waals surface area contributed by atoms with E-state index in [0.29, 0.717) is 11.8 Å². The predicted molar refractivity (Wildman–Crippen MR) is 67.8 cm³/mol. The van der Waals surface area contributed by atoms with Crippen LogP contribution in [0.15, 0.2) is 0 Å². The van der Waals surface area contributed by atoms with Gasteiger partial charge in [0.25, 0.3) is 0 Å². The largest absolute Gasteiger partial charge is 0.457 e. The molecule has 2 nitrogen and oxygen atoms in total. The highest BCUT2D eigenvalue weighted by Gasteiger charge is 2.78. The first-order valence-corrected chi connectivity index (χ1v) is 7.77. The molecule has 0 amide bonds. The second-order valence-corrected chi connectivity index (χ2v) is 7.88. The second kappa shape index (κ2) is 3.09. The zero-order valence-electron chi connectivity index (χ0n) is 10.2. The first-order chi connectivity index (χ1) is 8.09. The summed E-state index contributed by atoms with van der Waals surface area (Å²) in [5.41, 5.74) is -0.134. The summed E-state index contributed by atoms with van der Waals surface area (Å²) in [5, 5.41) is 0. The maximum absolute atomic E-state index is 11.6. The van der Waals surface area contributed by atoms with Crippen molar-refractivity contribution in [1.29, 1.82) is 0 Å². The van der Waals surface area contributed by atoms with Gasteiger partial charge in [-0.1, -0.05) is 15.9 Å². The summed E-state index contributed by atoms with van der Waals surface area (Å²) in [6, 6.07) is 0. The van der Waals surface area contributed by atoms with E-state index in [1.54, 1.807) is 6.92 Å². The summed E-state index contributed by atoms with van der Waals surface area (Å²) in [6.45, 7) is 1.58. The Hall–Kier alpha value is -0.0500. The molecule has 0 aromatic rings. The van der Waals surface area contributed by atoms with Gasteiger partial charge in [-0.15, -0.1) is 0 Å². The third-order valence-corrected chi connectivity index (χ3v) is 8.09. The zero-order valence-corrected chi connectivity index (χ0v) is 11.8. The van der Waals surface area contributed by atoms with Gasteiger partial charge in [-0.3, -0.25) is 4.79 Å². The first kappa shape index (κ1) is 10.8. The topological polar surface area (TPSA) is 26.3 Å². The van der Waals surface area contributed by atoms with Gasteiger partial charge < -0.3 is 4.74 Å². The monoisotopic (exact) mass is 298 g/mol. The van der Waals surface area contributed by atoms with Crippen LogP contribution in [0, 0.1) is 23.7 Å². The molecule has 4 atom stereocenters. The Labute approximate surface area is 111 Å². The Morgan fingerprint density at radius 2 is 1.53 bits per heavy atom. The third-order valence-electron chi connectivity index (χ3n) is 6.18. The summed E-state index contributed by atoms with van der Waals surface area (Å²) in [5.74, 6) is 2.69. The summed E-state index contributed by atoms with van der Waals surface area (Å²) in [6.07, 6.45) is 7.78. The summed E-state index contributed by atoms with van der Waals surface area (Å²) in [4.78, 5) is 11.6. The quantitative estimate of drug-likeness (QED) is 0.422. The van der Waals surface area contributed by atoms with E-state index < -0.39 is 0 Å². The van der Waals surface area contributed by atoms with Gasteiger partial charge in [0.15, 0.2) is 0 Å². The summed E-state index contributed by atoms with van der Waals surface area (Å²) >= 11 is 4.10. The van der Waals surface area contributed by atoms with Crippen molar-refractivity contribution in [2.45, 2.75) is 55.4 Å². The smallest absolute Gasteiger partial charge is 0.303 e. The fourth-order valence-electron chi connectivity index (χ4n) is 5.92. The molecule has 3 heteroatoms. The molecule has 4 saturated carbocycles. The van der Waals surface area contributed by atoms with Gasteiger partial charge in [-0.2, -0.15) is 0 Å². The molecular formula is C14H19BrO2. The molecule has 0 spiro atoms. The summed E-state index contributed by atoms with van der Waals surface area (Å²) in [7, 11) is 0. The van der Waals surface area contributed by atoms with Gasteiger partial charge in [-0.05, 0) is 50.4 Å². The molecule has 4 fully saturated rings. The maximum atomic E-state index is 11.6. The van der Waals surface area contributed by atoms with Crippen molar-refractivity contribution in [3.63, 3.8) is 0 Å². The first-order valence-electron chi connectivity index (χ1n) is 6.97. The molecule has 0 saturated heterocycles. The normalized spacial score (nSPS) is 58.5. The molecular weight excluding hydrogens is 280 g/mol. The van der Waals surface area contributed by atoms with E-state index in [9.17, 15) is 4.79 Å². The van der Waals surface area contributed by atoms with E-state index in [1.807, 2.05) is 0 Å². The van der Waals surface area contributed by atoms with Crippen molar-refractivity contribution >= 4 is 21.9 Å². The van der Waals surface area contributed by atoms with E-state index in [4.69, 9.17) is 4.74 Å². The van der Waals surface area contributed by atoms with Crippen molar-refractivity contribution < 1.29 is 9.53 Å². The van der Waals surface area contributed by atoms with Crippen LogP contribution >= 0.6 is 15.9 Å². The minimum Gasteiger partial charge on any atom is -0.457 e. The van der Waals surface area contributed by atoms with Crippen LogP contribution in [0.2, 0.25) is 0 Å². The molecule has 4 bridgehead atoms. The Morgan fingerprint density at radius 3 is 2.00 bits per heavy atom. The average Bonchev–Trinajstić information content (AvgIpc) is 2.96. The number of carbonyl (C=O) groups is 1. The summed E-state index contributed by atoms with van der Waals surface area (Å²) < 4.78 is 6.14. The lowest BCUT2D eigenvalue weighted by Gasteiger charge is -2.51. The number of hydrogen-bond donors (Lipinski definition) is 0. The average molecular weight is 299 g/mol. The van der Waals surface area contributed by atoms with E-state index in [2.05, 4.69) is 15.9 Å². The minimum absolute atomic E-state index is 0.0751. The van der Waals surface area contributed by atoms with Gasteiger partial charge >= 0.3 is 5.97 Å². The maximum Gasteiger partial charge on any atom is 0.303 e. The lowest BCUT2D eigenvalue weighted by Crippen LogP contribution is -2.60. The number of alkyl halides is 1. The fraction of sp³-hybridized carbons (Fsp3) is 0.929. The number of rotatable bonds is 1. The number of esters is 1. The van der Waals surface area contributed by atoms with Gasteiger partial charge in [0.2, 0.25) is 0 Å². The van der Waals surface area contributed by atoms with Crippen LogP contribution in [-0.4, -0.2) is 15.9 Å². The molecule has 94 valence electrons. The number of ether oxygens (including phenoxy) is 1. The van der Waals surface area contributed by atoms with Crippen LogP contribution in [-0.2, 0) is 9.53 Å². The highest BCUT2D eigenvalue weighted by Crippen LogP contribution is 2.76. The van der Waals surface area contributed by atoms with Crippen molar-refractivity contribution in [2.24, 2.45) is 23.7 Å². The minimum atomic E-state index is -0.134. The molecule has 17 heavy (non-hydrogen) atoms. The van der Waals surface area contributed by atoms with Crippen molar-refractivity contribution in [1.82, 2.24) is 0 Å². The Kier molecular flexibility index (Phi) is 1.97. The number of carbonyl (C=O) groups excluding carboxylic acids is 1. The number of halogens is 1. The second-order valence-electron chi connectivity index (χ2n) is 6.57. The molecule has 0 N–H and O–H groups in total. The standard InChI is InChI=1S/C14H19BrO2/c1-8(16)17-14-11-4-2-9(6-11)13(14,15)10-3-5-12(14)7-10/h9-12H,2-7H2,1H3/t9-,10-,11+,12+,13?,14?/m0/s1. The number of fused-ring (bicyclic) bond motifs is 9. The van der Waals surface area contributed by atoms with Gasteiger partial charge in [-0.25, -0.2) is 0 Å². The van der Waals surface area contributed by atoms with Gasteiger partial charge in [0.1, 0.15) is 5.60 Å². The molecule has 0 radical (unpaired) electrons. The van der Waals surface area contributed by atoms with Crippen molar-refractivity contribution in [3.05, 3.63) is 0 Å². The molecule has 4 rings (SSSR count). The van der Waals surface area contributed by atoms with Gasteiger partial charge in [0, 0.05) is 18.8 Å². The molecule has 0 unspecified atom stereocenters. The van der Waals surface area contributed by atoms with Crippen molar-refractivity contribution in [2.75, 3.05) is 0 Å².